The van der Waals surface area contributed by atoms with Crippen LogP contribution in [-0.2, 0) is 9.31 Å². The van der Waals surface area contributed by atoms with Gasteiger partial charge in [0.25, 0.3) is 6.43 Å². The summed E-state index contributed by atoms with van der Waals surface area (Å²) >= 11 is 0. The van der Waals surface area contributed by atoms with Crippen molar-refractivity contribution in [2.45, 2.75) is 59.2 Å². The number of rotatable bonds is 4. The largest absolute Gasteiger partial charge is 0.496 e. The standard InChI is InChI=1S/C16H23BF2N2O2/c1-10(2)8-20-13-7-11(14(18)19)12(9-21-13)17-22-15(3,4)16(5,6)23-17/h7-10,14H,1-6H3/b20-8+. The Kier molecular flexibility index (Phi) is 4.92. The number of hydrogen-bond acceptors (Lipinski definition) is 4. The third-order valence-corrected chi connectivity index (χ3v) is 4.20. The van der Waals surface area contributed by atoms with E-state index in [9.17, 15) is 8.78 Å². The van der Waals surface area contributed by atoms with Gasteiger partial charge in [-0.15, -0.1) is 0 Å². The molecular weight excluding hydrogens is 301 g/mol. The highest BCUT2D eigenvalue weighted by Gasteiger charge is 2.52. The molecule has 0 amide bonds. The minimum atomic E-state index is -2.65. The smallest absolute Gasteiger partial charge is 0.399 e. The molecule has 0 atom stereocenters. The molecule has 0 saturated carbocycles. The first-order valence-electron chi connectivity index (χ1n) is 7.71. The third-order valence-electron chi connectivity index (χ3n) is 4.20. The van der Waals surface area contributed by atoms with Gasteiger partial charge in [0.15, 0.2) is 5.82 Å². The maximum absolute atomic E-state index is 13.5. The van der Waals surface area contributed by atoms with Gasteiger partial charge in [-0.3, -0.25) is 0 Å². The molecule has 1 saturated heterocycles. The highest BCUT2D eigenvalue weighted by atomic mass is 19.3. The topological polar surface area (TPSA) is 43.7 Å². The SMILES string of the molecule is CC(C)/C=N/c1cc(C(F)F)c(B2OC(C)(C)C(C)(C)O2)cn1. The van der Waals surface area contributed by atoms with Crippen molar-refractivity contribution in [3.63, 3.8) is 0 Å². The lowest BCUT2D eigenvalue weighted by atomic mass is 9.77. The molecule has 0 spiro atoms. The minimum absolute atomic E-state index is 0.158. The predicted molar refractivity (Wildman–Crippen MR) is 87.9 cm³/mol. The van der Waals surface area contributed by atoms with Gasteiger partial charge in [-0.2, -0.15) is 0 Å². The van der Waals surface area contributed by atoms with Crippen molar-refractivity contribution in [3.8, 4) is 0 Å². The van der Waals surface area contributed by atoms with Crippen LogP contribution in [0.15, 0.2) is 17.3 Å². The molecule has 0 aliphatic carbocycles. The first-order chi connectivity index (χ1) is 10.5. The summed E-state index contributed by atoms with van der Waals surface area (Å²) in [6.45, 7) is 11.4. The molecule has 7 heteroatoms. The van der Waals surface area contributed by atoms with Gasteiger partial charge in [-0.25, -0.2) is 18.8 Å². The van der Waals surface area contributed by atoms with Crippen LogP contribution in [-0.4, -0.2) is 29.5 Å². The normalized spacial score (nSPS) is 20.2. The van der Waals surface area contributed by atoms with Gasteiger partial charge in [-0.05, 0) is 39.7 Å². The van der Waals surface area contributed by atoms with E-state index in [2.05, 4.69) is 9.98 Å². The summed E-state index contributed by atoms with van der Waals surface area (Å²) in [6, 6.07) is 1.30. The molecule has 1 aromatic heterocycles. The van der Waals surface area contributed by atoms with Crippen molar-refractivity contribution in [1.82, 2.24) is 4.98 Å². The Morgan fingerprint density at radius 3 is 2.22 bits per heavy atom. The summed E-state index contributed by atoms with van der Waals surface area (Å²) < 4.78 is 38.6. The lowest BCUT2D eigenvalue weighted by Crippen LogP contribution is -2.41. The number of alkyl halides is 2. The van der Waals surface area contributed by atoms with E-state index < -0.39 is 24.7 Å². The van der Waals surface area contributed by atoms with E-state index >= 15 is 0 Å². The molecule has 0 bridgehead atoms. The zero-order chi connectivity index (χ0) is 17.4. The molecule has 2 heterocycles. The van der Waals surface area contributed by atoms with Crippen LogP contribution in [0.1, 0.15) is 53.5 Å². The van der Waals surface area contributed by atoms with Gasteiger partial charge < -0.3 is 9.31 Å². The predicted octanol–water partition coefficient (Wildman–Crippen LogP) is 3.68. The van der Waals surface area contributed by atoms with E-state index in [-0.39, 0.29) is 22.8 Å². The van der Waals surface area contributed by atoms with Crippen LogP contribution in [0.2, 0.25) is 0 Å². The number of hydrogen-bond donors (Lipinski definition) is 0. The third kappa shape index (κ3) is 3.78. The maximum Gasteiger partial charge on any atom is 0.496 e. The fourth-order valence-electron chi connectivity index (χ4n) is 2.12. The zero-order valence-electron chi connectivity index (χ0n) is 14.4. The molecule has 126 valence electrons. The van der Waals surface area contributed by atoms with E-state index in [0.29, 0.717) is 0 Å². The molecule has 1 aromatic rings. The number of halogens is 2. The van der Waals surface area contributed by atoms with Crippen molar-refractivity contribution in [1.29, 1.82) is 0 Å². The van der Waals surface area contributed by atoms with Crippen molar-refractivity contribution in [2.24, 2.45) is 10.9 Å². The summed E-state index contributed by atoms with van der Waals surface area (Å²) in [4.78, 5) is 8.27. The highest BCUT2D eigenvalue weighted by Crippen LogP contribution is 2.37. The van der Waals surface area contributed by atoms with Crippen molar-refractivity contribution < 1.29 is 18.1 Å². The minimum Gasteiger partial charge on any atom is -0.399 e. The number of aromatic nitrogens is 1. The number of aliphatic imine (C=N–C) groups is 1. The second kappa shape index (κ2) is 6.28. The first-order valence-corrected chi connectivity index (χ1v) is 7.71. The molecule has 0 radical (unpaired) electrons. The van der Waals surface area contributed by atoms with E-state index in [4.69, 9.17) is 9.31 Å². The van der Waals surface area contributed by atoms with E-state index in [1.165, 1.54) is 12.3 Å². The summed E-state index contributed by atoms with van der Waals surface area (Å²) in [5.41, 5.74) is -1.09. The van der Waals surface area contributed by atoms with Gasteiger partial charge in [0.2, 0.25) is 0 Å². The lowest BCUT2D eigenvalue weighted by Gasteiger charge is -2.32. The maximum atomic E-state index is 13.5. The Morgan fingerprint density at radius 1 is 1.17 bits per heavy atom. The molecule has 0 N–H and O–H groups in total. The van der Waals surface area contributed by atoms with E-state index in [1.54, 1.807) is 6.21 Å². The monoisotopic (exact) mass is 324 g/mol. The first kappa shape index (κ1) is 18.0. The Bertz CT molecular complexity index is 588. The fourth-order valence-corrected chi connectivity index (χ4v) is 2.12. The van der Waals surface area contributed by atoms with Crippen molar-refractivity contribution >= 4 is 24.6 Å². The fraction of sp³-hybridized carbons (Fsp3) is 0.625. The molecular formula is C16H23BF2N2O2. The Balaban J connectivity index is 2.36. The van der Waals surface area contributed by atoms with Crippen LogP contribution in [0, 0.1) is 5.92 Å². The van der Waals surface area contributed by atoms with Crippen molar-refractivity contribution in [2.75, 3.05) is 0 Å². The number of nitrogens with zero attached hydrogens (tertiary/aromatic N) is 2. The molecule has 0 unspecified atom stereocenters. The quantitative estimate of drug-likeness (QED) is 0.627. The lowest BCUT2D eigenvalue weighted by molar-refractivity contribution is 0.00578. The van der Waals surface area contributed by atoms with Crippen LogP contribution < -0.4 is 5.46 Å². The van der Waals surface area contributed by atoms with Crippen molar-refractivity contribution in [3.05, 3.63) is 17.8 Å². The summed E-state index contributed by atoms with van der Waals surface area (Å²) in [5, 5.41) is 0. The Hall–Kier alpha value is -1.34. The van der Waals surface area contributed by atoms with Crippen LogP contribution in [0.4, 0.5) is 14.6 Å². The molecule has 1 aliphatic rings. The van der Waals surface area contributed by atoms with Crippen LogP contribution >= 0.6 is 0 Å². The molecule has 2 rings (SSSR count). The second-order valence-electron chi connectivity index (χ2n) is 7.08. The van der Waals surface area contributed by atoms with Gasteiger partial charge in [-0.1, -0.05) is 13.8 Å². The Morgan fingerprint density at radius 2 is 1.74 bits per heavy atom. The highest BCUT2D eigenvalue weighted by molar-refractivity contribution is 6.62. The average Bonchev–Trinajstić information content (AvgIpc) is 2.64. The van der Waals surface area contributed by atoms with E-state index in [0.717, 1.165) is 0 Å². The number of pyridine rings is 1. The van der Waals surface area contributed by atoms with Crippen LogP contribution in [0.25, 0.3) is 0 Å². The van der Waals surface area contributed by atoms with Gasteiger partial charge in [0.05, 0.1) is 11.2 Å². The zero-order valence-corrected chi connectivity index (χ0v) is 14.4. The van der Waals surface area contributed by atoms with Crippen LogP contribution in [0.5, 0.6) is 0 Å². The van der Waals surface area contributed by atoms with Gasteiger partial charge in [0, 0.05) is 23.4 Å². The molecule has 0 aromatic carbocycles. The average molecular weight is 324 g/mol. The molecule has 23 heavy (non-hydrogen) atoms. The van der Waals surface area contributed by atoms with Crippen LogP contribution in [0.3, 0.4) is 0 Å². The van der Waals surface area contributed by atoms with Gasteiger partial charge >= 0.3 is 7.12 Å². The summed E-state index contributed by atoms with van der Waals surface area (Å²) in [7, 11) is -0.861. The van der Waals surface area contributed by atoms with Gasteiger partial charge in [0.1, 0.15) is 0 Å². The summed E-state index contributed by atoms with van der Waals surface area (Å²) in [6.07, 6.45) is 0.392. The summed E-state index contributed by atoms with van der Waals surface area (Å²) in [5.74, 6) is 0.476. The van der Waals surface area contributed by atoms with E-state index in [1.807, 2.05) is 41.5 Å². The Labute approximate surface area is 136 Å². The molecule has 4 nitrogen and oxygen atoms in total. The molecule has 1 aliphatic heterocycles. The molecule has 1 fully saturated rings. The second-order valence-corrected chi connectivity index (χ2v) is 7.08.